The molecule has 26 heavy (non-hydrogen) atoms. The third kappa shape index (κ3) is 5.96. The highest BCUT2D eigenvalue weighted by atomic mass is 32.2. The van der Waals surface area contributed by atoms with Crippen LogP contribution in [0.25, 0.3) is 0 Å². The average Bonchev–Trinajstić information content (AvgIpc) is 2.63. The van der Waals surface area contributed by atoms with Crippen LogP contribution in [-0.2, 0) is 19.6 Å². The minimum atomic E-state index is -3.26. The number of nitrogens with zero attached hydrogens (tertiary/aromatic N) is 1. The Morgan fingerprint density at radius 3 is 2.65 bits per heavy atom. The molecule has 0 spiro atoms. The molecule has 0 radical (unpaired) electrons. The summed E-state index contributed by atoms with van der Waals surface area (Å²) in [4.78, 5) is 12.5. The molecule has 1 aliphatic heterocycles. The fraction of sp³-hybridized carbons (Fsp3) is 0.611. The summed E-state index contributed by atoms with van der Waals surface area (Å²) in [6.45, 7) is 3.57. The van der Waals surface area contributed by atoms with Gasteiger partial charge in [0.1, 0.15) is 12.4 Å². The van der Waals surface area contributed by atoms with Crippen LogP contribution in [-0.4, -0.2) is 57.8 Å². The molecule has 0 bridgehead atoms. The van der Waals surface area contributed by atoms with Crippen molar-refractivity contribution in [3.8, 4) is 5.75 Å². The van der Waals surface area contributed by atoms with Gasteiger partial charge in [0.2, 0.25) is 15.9 Å². The summed E-state index contributed by atoms with van der Waals surface area (Å²) in [7, 11) is -1.65. The van der Waals surface area contributed by atoms with Gasteiger partial charge in [-0.3, -0.25) is 4.79 Å². The largest absolute Gasteiger partial charge is 0.491 e. The van der Waals surface area contributed by atoms with E-state index in [0.29, 0.717) is 50.5 Å². The van der Waals surface area contributed by atoms with Crippen LogP contribution in [0.1, 0.15) is 26.2 Å². The number of benzene rings is 1. The van der Waals surface area contributed by atoms with E-state index in [9.17, 15) is 13.2 Å². The molecule has 7 nitrogen and oxygen atoms in total. The molecule has 1 aromatic carbocycles. The normalized spacial score (nSPS) is 18.5. The van der Waals surface area contributed by atoms with E-state index in [1.807, 2.05) is 6.92 Å². The van der Waals surface area contributed by atoms with E-state index in [1.54, 1.807) is 31.4 Å². The third-order valence-electron chi connectivity index (χ3n) is 4.29. The molecule has 0 saturated carbocycles. The number of amides is 1. The summed E-state index contributed by atoms with van der Waals surface area (Å²) < 4.78 is 36.3. The molecule has 0 unspecified atom stereocenters. The Morgan fingerprint density at radius 1 is 1.27 bits per heavy atom. The summed E-state index contributed by atoms with van der Waals surface area (Å²) in [6, 6.07) is 7.11. The molecule has 1 saturated heterocycles. The fourth-order valence-corrected chi connectivity index (χ4v) is 4.51. The first-order chi connectivity index (χ1) is 12.5. The maximum Gasteiger partial charge on any atom is 0.228 e. The highest BCUT2D eigenvalue weighted by molar-refractivity contribution is 7.89. The molecule has 1 heterocycles. The maximum absolute atomic E-state index is 12.5. The predicted octanol–water partition coefficient (Wildman–Crippen LogP) is 2.10. The molecule has 1 N–H and O–H groups in total. The molecule has 0 aliphatic carbocycles. The highest BCUT2D eigenvalue weighted by Gasteiger charge is 2.31. The van der Waals surface area contributed by atoms with Crippen molar-refractivity contribution in [2.24, 2.45) is 5.92 Å². The zero-order chi connectivity index (χ0) is 19.0. The Kier molecular flexibility index (Phi) is 7.86. The van der Waals surface area contributed by atoms with Crippen LogP contribution in [0.5, 0.6) is 5.75 Å². The van der Waals surface area contributed by atoms with Crippen molar-refractivity contribution < 1.29 is 22.7 Å². The Morgan fingerprint density at radius 2 is 2.00 bits per heavy atom. The highest BCUT2D eigenvalue weighted by Crippen LogP contribution is 2.22. The number of hydrogen-bond acceptors (Lipinski definition) is 5. The molecule has 8 heteroatoms. The Labute approximate surface area is 155 Å². The number of hydrogen-bond donors (Lipinski definition) is 1. The number of anilines is 1. The number of ether oxygens (including phenoxy) is 2. The summed E-state index contributed by atoms with van der Waals surface area (Å²) in [5, 5.41) is 2.87. The molecule has 1 atom stereocenters. The zero-order valence-corrected chi connectivity index (χ0v) is 16.3. The van der Waals surface area contributed by atoms with E-state index in [1.165, 1.54) is 4.31 Å². The quantitative estimate of drug-likeness (QED) is 0.659. The second kappa shape index (κ2) is 9.89. The van der Waals surface area contributed by atoms with Crippen LogP contribution >= 0.6 is 0 Å². The molecular weight excluding hydrogens is 356 g/mol. The number of carbonyl (C=O) groups is 1. The van der Waals surface area contributed by atoms with Gasteiger partial charge in [-0.05, 0) is 43.5 Å². The van der Waals surface area contributed by atoms with Crippen molar-refractivity contribution in [2.75, 3.05) is 44.5 Å². The maximum atomic E-state index is 12.5. The summed E-state index contributed by atoms with van der Waals surface area (Å²) in [5.41, 5.74) is 0.669. The first kappa shape index (κ1) is 20.7. The topological polar surface area (TPSA) is 84.9 Å². The van der Waals surface area contributed by atoms with Gasteiger partial charge in [0.25, 0.3) is 0 Å². The van der Waals surface area contributed by atoms with E-state index >= 15 is 0 Å². The van der Waals surface area contributed by atoms with Gasteiger partial charge < -0.3 is 14.8 Å². The Bertz CT molecular complexity index is 675. The number of carbonyl (C=O) groups excluding carboxylic acids is 1. The number of methoxy groups -OCH3 is 1. The molecule has 2 rings (SSSR count). The molecular formula is C18H28N2O5S. The van der Waals surface area contributed by atoms with Gasteiger partial charge in [0, 0.05) is 25.9 Å². The first-order valence-corrected chi connectivity index (χ1v) is 10.6. The second-order valence-electron chi connectivity index (χ2n) is 6.37. The van der Waals surface area contributed by atoms with E-state index in [2.05, 4.69) is 5.32 Å². The lowest BCUT2D eigenvalue weighted by molar-refractivity contribution is -0.120. The number of sulfonamides is 1. The van der Waals surface area contributed by atoms with Crippen LogP contribution < -0.4 is 10.1 Å². The molecule has 0 aromatic heterocycles. The predicted molar refractivity (Wildman–Crippen MR) is 101 cm³/mol. The van der Waals surface area contributed by atoms with Crippen LogP contribution in [0.4, 0.5) is 5.69 Å². The van der Waals surface area contributed by atoms with Crippen molar-refractivity contribution >= 4 is 21.6 Å². The monoisotopic (exact) mass is 384 g/mol. The minimum absolute atomic E-state index is 0.131. The Hall–Kier alpha value is -1.64. The van der Waals surface area contributed by atoms with Gasteiger partial charge >= 0.3 is 0 Å². The van der Waals surface area contributed by atoms with Gasteiger partial charge in [0.15, 0.2) is 0 Å². The first-order valence-electron chi connectivity index (χ1n) is 8.96. The van der Waals surface area contributed by atoms with E-state index in [0.717, 1.165) is 0 Å². The van der Waals surface area contributed by atoms with Crippen LogP contribution in [0, 0.1) is 5.92 Å². The van der Waals surface area contributed by atoms with Gasteiger partial charge in [0.05, 0.1) is 18.3 Å². The standard InChI is InChI=1S/C18H28N2O5S/c1-3-13-26(22,23)20-10-4-5-15(14-20)18(21)19-16-6-8-17(9-7-16)25-12-11-24-2/h6-9,15H,3-5,10-14H2,1-2H3,(H,19,21)/t15-/m0/s1. The zero-order valence-electron chi connectivity index (χ0n) is 15.4. The van der Waals surface area contributed by atoms with E-state index in [4.69, 9.17) is 9.47 Å². The van der Waals surface area contributed by atoms with Crippen molar-refractivity contribution in [2.45, 2.75) is 26.2 Å². The second-order valence-corrected chi connectivity index (χ2v) is 8.46. The lowest BCUT2D eigenvalue weighted by Crippen LogP contribution is -2.44. The van der Waals surface area contributed by atoms with Crippen molar-refractivity contribution in [3.63, 3.8) is 0 Å². The lowest BCUT2D eigenvalue weighted by Gasteiger charge is -2.31. The Balaban J connectivity index is 1.90. The van der Waals surface area contributed by atoms with Crippen molar-refractivity contribution in [1.29, 1.82) is 0 Å². The van der Waals surface area contributed by atoms with E-state index in [-0.39, 0.29) is 24.1 Å². The summed E-state index contributed by atoms with van der Waals surface area (Å²) in [5.74, 6) is 0.364. The van der Waals surface area contributed by atoms with Crippen LogP contribution in [0.15, 0.2) is 24.3 Å². The van der Waals surface area contributed by atoms with Crippen LogP contribution in [0.2, 0.25) is 0 Å². The SMILES string of the molecule is CCCS(=O)(=O)N1CCC[C@H](C(=O)Nc2ccc(OCCOC)cc2)C1. The molecule has 1 aliphatic rings. The summed E-state index contributed by atoms with van der Waals surface area (Å²) >= 11 is 0. The van der Waals surface area contributed by atoms with Crippen LogP contribution in [0.3, 0.4) is 0 Å². The van der Waals surface area contributed by atoms with Crippen molar-refractivity contribution in [1.82, 2.24) is 4.31 Å². The third-order valence-corrected chi connectivity index (χ3v) is 6.33. The molecule has 1 fully saturated rings. The smallest absolute Gasteiger partial charge is 0.228 e. The lowest BCUT2D eigenvalue weighted by atomic mass is 9.99. The molecule has 1 amide bonds. The number of rotatable bonds is 9. The fourth-order valence-electron chi connectivity index (χ4n) is 2.92. The van der Waals surface area contributed by atoms with Gasteiger partial charge in [-0.15, -0.1) is 0 Å². The minimum Gasteiger partial charge on any atom is -0.491 e. The average molecular weight is 384 g/mol. The number of nitrogens with one attached hydrogen (secondary N) is 1. The van der Waals surface area contributed by atoms with Gasteiger partial charge in [-0.25, -0.2) is 12.7 Å². The van der Waals surface area contributed by atoms with Crippen molar-refractivity contribution in [3.05, 3.63) is 24.3 Å². The summed E-state index contributed by atoms with van der Waals surface area (Å²) in [6.07, 6.45) is 1.98. The van der Waals surface area contributed by atoms with E-state index < -0.39 is 10.0 Å². The molecule has 1 aromatic rings. The van der Waals surface area contributed by atoms with Gasteiger partial charge in [-0.1, -0.05) is 6.92 Å². The number of piperidine rings is 1. The molecule has 146 valence electrons. The van der Waals surface area contributed by atoms with Gasteiger partial charge in [-0.2, -0.15) is 0 Å².